The maximum absolute atomic E-state index is 12.2. The number of aromatic nitrogens is 3. The molecule has 0 N–H and O–H groups in total. The molecule has 26 heavy (non-hydrogen) atoms. The van der Waals surface area contributed by atoms with Crippen molar-refractivity contribution >= 4 is 17.3 Å². The molecular weight excluding hydrogens is 350 g/mol. The number of nitrogens with zero attached hydrogens (tertiary/aromatic N) is 3. The summed E-state index contributed by atoms with van der Waals surface area (Å²) in [4.78, 5) is 20.7. The quantitative estimate of drug-likeness (QED) is 0.494. The molecular formula is C19H13N3O3S. The second-order valence-electron chi connectivity index (χ2n) is 5.36. The van der Waals surface area contributed by atoms with E-state index >= 15 is 0 Å². The molecule has 7 heteroatoms. The fourth-order valence-corrected chi connectivity index (χ4v) is 3.10. The van der Waals surface area contributed by atoms with Gasteiger partial charge in [0.1, 0.15) is 5.01 Å². The van der Waals surface area contributed by atoms with Gasteiger partial charge < -0.3 is 9.26 Å². The molecule has 2 aromatic heterocycles. The van der Waals surface area contributed by atoms with Gasteiger partial charge in [-0.25, -0.2) is 9.78 Å². The highest BCUT2D eigenvalue weighted by atomic mass is 32.1. The van der Waals surface area contributed by atoms with Gasteiger partial charge in [0.2, 0.25) is 5.82 Å². The standard InChI is InChI=1S/C19H13N3O3S/c23-19(15-12-26-18(20-15)14-9-5-2-6-10-14)24-11-16-21-17(22-25-16)13-7-3-1-4-8-13/h1-10,12H,11H2. The summed E-state index contributed by atoms with van der Waals surface area (Å²) in [5.74, 6) is 0.162. The smallest absolute Gasteiger partial charge is 0.358 e. The first kappa shape index (κ1) is 16.2. The van der Waals surface area contributed by atoms with Crippen LogP contribution in [0.15, 0.2) is 70.6 Å². The van der Waals surface area contributed by atoms with Gasteiger partial charge in [-0.15, -0.1) is 11.3 Å². The number of ether oxygens (including phenoxy) is 1. The molecule has 0 fully saturated rings. The number of rotatable bonds is 5. The molecule has 0 radical (unpaired) electrons. The van der Waals surface area contributed by atoms with Gasteiger partial charge in [-0.3, -0.25) is 0 Å². The van der Waals surface area contributed by atoms with Crippen LogP contribution >= 0.6 is 11.3 Å². The number of hydrogen-bond acceptors (Lipinski definition) is 7. The highest BCUT2D eigenvalue weighted by molar-refractivity contribution is 7.13. The third-order valence-corrected chi connectivity index (χ3v) is 4.45. The lowest BCUT2D eigenvalue weighted by Gasteiger charge is -1.98. The van der Waals surface area contributed by atoms with E-state index in [2.05, 4.69) is 15.1 Å². The van der Waals surface area contributed by atoms with Crippen molar-refractivity contribution in [2.75, 3.05) is 0 Å². The molecule has 128 valence electrons. The molecule has 0 aliphatic heterocycles. The van der Waals surface area contributed by atoms with Crippen molar-refractivity contribution in [1.29, 1.82) is 0 Å². The fraction of sp³-hybridized carbons (Fsp3) is 0.0526. The van der Waals surface area contributed by atoms with Crippen LogP contribution in [0.5, 0.6) is 0 Å². The molecule has 0 saturated heterocycles. The predicted octanol–water partition coefficient (Wildman–Crippen LogP) is 4.22. The Morgan fingerprint density at radius 3 is 2.38 bits per heavy atom. The van der Waals surface area contributed by atoms with Gasteiger partial charge in [0.05, 0.1) is 0 Å². The maximum Gasteiger partial charge on any atom is 0.358 e. The maximum atomic E-state index is 12.2. The Morgan fingerprint density at radius 1 is 0.962 bits per heavy atom. The zero-order valence-corrected chi connectivity index (χ0v) is 14.3. The summed E-state index contributed by atoms with van der Waals surface area (Å²) in [6.45, 7) is -0.100. The third-order valence-electron chi connectivity index (χ3n) is 3.56. The Bertz CT molecular complexity index is 1010. The van der Waals surface area contributed by atoms with Crippen LogP contribution in [-0.2, 0) is 11.3 Å². The highest BCUT2D eigenvalue weighted by Gasteiger charge is 2.15. The van der Waals surface area contributed by atoms with Crippen LogP contribution in [0.1, 0.15) is 16.4 Å². The predicted molar refractivity (Wildman–Crippen MR) is 96.4 cm³/mol. The molecule has 0 aliphatic carbocycles. The van der Waals surface area contributed by atoms with Crippen molar-refractivity contribution in [2.45, 2.75) is 6.61 Å². The topological polar surface area (TPSA) is 78.1 Å². The molecule has 0 atom stereocenters. The molecule has 0 spiro atoms. The highest BCUT2D eigenvalue weighted by Crippen LogP contribution is 2.23. The molecule has 0 saturated carbocycles. The molecule has 4 rings (SSSR count). The zero-order chi connectivity index (χ0) is 17.8. The molecule has 0 amide bonds. The van der Waals surface area contributed by atoms with Crippen molar-refractivity contribution in [3.05, 3.63) is 77.6 Å². The van der Waals surface area contributed by atoms with E-state index in [0.29, 0.717) is 5.82 Å². The van der Waals surface area contributed by atoms with Crippen LogP contribution in [-0.4, -0.2) is 21.1 Å². The van der Waals surface area contributed by atoms with Crippen LogP contribution in [0.4, 0.5) is 0 Å². The minimum Gasteiger partial charge on any atom is -0.451 e. The Kier molecular flexibility index (Phi) is 4.53. The van der Waals surface area contributed by atoms with Crippen molar-refractivity contribution in [3.8, 4) is 22.0 Å². The molecule has 2 aromatic carbocycles. The molecule has 0 aliphatic rings. The van der Waals surface area contributed by atoms with Gasteiger partial charge in [0, 0.05) is 16.5 Å². The van der Waals surface area contributed by atoms with E-state index in [9.17, 15) is 4.79 Å². The summed E-state index contributed by atoms with van der Waals surface area (Å²) in [5.41, 5.74) is 2.05. The number of carbonyl (C=O) groups excluding carboxylic acids is 1. The average molecular weight is 363 g/mol. The molecule has 0 unspecified atom stereocenters. The summed E-state index contributed by atoms with van der Waals surface area (Å²) in [6.07, 6.45) is 0. The molecule has 6 nitrogen and oxygen atoms in total. The number of thiazole rings is 1. The van der Waals surface area contributed by atoms with Gasteiger partial charge >= 0.3 is 5.97 Å². The van der Waals surface area contributed by atoms with E-state index in [1.54, 1.807) is 5.38 Å². The Hall–Kier alpha value is -3.32. The summed E-state index contributed by atoms with van der Waals surface area (Å²) >= 11 is 1.39. The number of carbonyl (C=O) groups is 1. The van der Waals surface area contributed by atoms with Gasteiger partial charge in [-0.1, -0.05) is 65.8 Å². The average Bonchev–Trinajstić information content (AvgIpc) is 3.37. The van der Waals surface area contributed by atoms with Crippen molar-refractivity contribution in [2.24, 2.45) is 0 Å². The van der Waals surface area contributed by atoms with Crippen LogP contribution in [0.2, 0.25) is 0 Å². The van der Waals surface area contributed by atoms with E-state index in [1.165, 1.54) is 11.3 Å². The van der Waals surface area contributed by atoms with E-state index in [1.807, 2.05) is 60.7 Å². The summed E-state index contributed by atoms with van der Waals surface area (Å²) in [5, 5.41) is 6.33. The largest absolute Gasteiger partial charge is 0.451 e. The molecule has 0 bridgehead atoms. The third kappa shape index (κ3) is 3.52. The van der Waals surface area contributed by atoms with Crippen molar-refractivity contribution < 1.29 is 14.1 Å². The van der Waals surface area contributed by atoms with E-state index in [-0.39, 0.29) is 18.2 Å². The fourth-order valence-electron chi connectivity index (χ4n) is 2.30. The second kappa shape index (κ2) is 7.28. The first-order chi connectivity index (χ1) is 12.8. The lowest BCUT2D eigenvalue weighted by atomic mass is 10.2. The minimum absolute atomic E-state index is 0.100. The van der Waals surface area contributed by atoms with Crippen LogP contribution < -0.4 is 0 Å². The van der Waals surface area contributed by atoms with Gasteiger partial charge in [0.15, 0.2) is 12.3 Å². The number of hydrogen-bond donors (Lipinski definition) is 0. The Labute approximate surface area is 153 Å². The first-order valence-electron chi connectivity index (χ1n) is 7.86. The van der Waals surface area contributed by atoms with Crippen molar-refractivity contribution in [3.63, 3.8) is 0 Å². The van der Waals surface area contributed by atoms with Crippen LogP contribution in [0.25, 0.3) is 22.0 Å². The Morgan fingerprint density at radius 2 is 1.65 bits per heavy atom. The SMILES string of the molecule is O=C(OCc1nc(-c2ccccc2)no1)c1csc(-c2ccccc2)n1. The summed E-state index contributed by atoms with van der Waals surface area (Å²) in [6, 6.07) is 19.1. The van der Waals surface area contributed by atoms with Gasteiger partial charge in [-0.2, -0.15) is 4.98 Å². The number of esters is 1. The lowest BCUT2D eigenvalue weighted by Crippen LogP contribution is -2.05. The second-order valence-corrected chi connectivity index (χ2v) is 6.22. The Balaban J connectivity index is 1.40. The normalized spacial score (nSPS) is 10.6. The lowest BCUT2D eigenvalue weighted by molar-refractivity contribution is 0.0424. The molecule has 2 heterocycles. The summed E-state index contributed by atoms with van der Waals surface area (Å²) < 4.78 is 10.3. The number of benzene rings is 2. The first-order valence-corrected chi connectivity index (χ1v) is 8.73. The van der Waals surface area contributed by atoms with Crippen LogP contribution in [0.3, 0.4) is 0 Å². The zero-order valence-electron chi connectivity index (χ0n) is 13.5. The van der Waals surface area contributed by atoms with E-state index in [0.717, 1.165) is 16.1 Å². The molecule has 4 aromatic rings. The monoisotopic (exact) mass is 363 g/mol. The van der Waals surface area contributed by atoms with Gasteiger partial charge in [-0.05, 0) is 0 Å². The van der Waals surface area contributed by atoms with Gasteiger partial charge in [0.25, 0.3) is 5.89 Å². The van der Waals surface area contributed by atoms with E-state index < -0.39 is 5.97 Å². The minimum atomic E-state index is -0.525. The van der Waals surface area contributed by atoms with Crippen LogP contribution in [0, 0.1) is 0 Å². The van der Waals surface area contributed by atoms with Crippen molar-refractivity contribution in [1.82, 2.24) is 15.1 Å². The van der Waals surface area contributed by atoms with E-state index in [4.69, 9.17) is 9.26 Å². The summed E-state index contributed by atoms with van der Waals surface area (Å²) in [7, 11) is 0.